The normalized spacial score (nSPS) is 25.7. The lowest BCUT2D eigenvalue weighted by molar-refractivity contribution is 0.0421. The summed E-state index contributed by atoms with van der Waals surface area (Å²) in [5.41, 5.74) is 6.99. The molecule has 0 radical (unpaired) electrons. The lowest BCUT2D eigenvalue weighted by atomic mass is 9.90. The summed E-state index contributed by atoms with van der Waals surface area (Å²) in [5.74, 6) is 0.0645. The summed E-state index contributed by atoms with van der Waals surface area (Å²) in [4.78, 5) is 0. The first-order chi connectivity index (χ1) is 7.68. The quantitative estimate of drug-likeness (QED) is 0.907. The first-order valence-corrected chi connectivity index (χ1v) is 6.24. The zero-order valence-electron chi connectivity index (χ0n) is 8.96. The second kappa shape index (κ2) is 5.25. The first kappa shape index (κ1) is 12.0. The Bertz CT molecular complexity index is 372. The van der Waals surface area contributed by atoms with Crippen LogP contribution in [-0.4, -0.2) is 19.3 Å². The van der Waals surface area contributed by atoms with Crippen LogP contribution in [0.1, 0.15) is 12.0 Å². The largest absolute Gasteiger partial charge is 0.381 e. The van der Waals surface area contributed by atoms with Crippen LogP contribution in [-0.2, 0) is 11.2 Å². The number of rotatable bonds is 2. The Morgan fingerprint density at radius 3 is 3.06 bits per heavy atom. The zero-order valence-corrected chi connectivity index (χ0v) is 10.5. The molecule has 0 spiro atoms. The number of hydrogen-bond acceptors (Lipinski definition) is 2. The van der Waals surface area contributed by atoms with E-state index in [1.165, 1.54) is 6.07 Å². The Balaban J connectivity index is 2.10. The first-order valence-electron chi connectivity index (χ1n) is 5.44. The topological polar surface area (TPSA) is 35.2 Å². The van der Waals surface area contributed by atoms with Gasteiger partial charge in [-0.2, -0.15) is 0 Å². The van der Waals surface area contributed by atoms with Crippen molar-refractivity contribution in [3.63, 3.8) is 0 Å². The summed E-state index contributed by atoms with van der Waals surface area (Å²) >= 11 is 3.27. The van der Waals surface area contributed by atoms with Crippen molar-refractivity contribution in [3.8, 4) is 0 Å². The Morgan fingerprint density at radius 2 is 2.31 bits per heavy atom. The van der Waals surface area contributed by atoms with Crippen molar-refractivity contribution in [1.29, 1.82) is 0 Å². The van der Waals surface area contributed by atoms with Gasteiger partial charge >= 0.3 is 0 Å². The molecule has 1 aromatic carbocycles. The molecule has 2 unspecified atom stereocenters. The van der Waals surface area contributed by atoms with Crippen molar-refractivity contribution in [2.75, 3.05) is 13.2 Å². The fourth-order valence-electron chi connectivity index (χ4n) is 2.01. The lowest BCUT2D eigenvalue weighted by Gasteiger charge is -2.29. The maximum Gasteiger partial charge on any atom is 0.137 e. The van der Waals surface area contributed by atoms with E-state index in [1.807, 2.05) is 6.07 Å². The Kier molecular flexibility index (Phi) is 3.95. The maximum atomic E-state index is 13.3. The van der Waals surface area contributed by atoms with Crippen LogP contribution in [0.2, 0.25) is 0 Å². The van der Waals surface area contributed by atoms with E-state index in [4.69, 9.17) is 10.5 Å². The molecule has 2 atom stereocenters. The van der Waals surface area contributed by atoms with Crippen LogP contribution in [0.25, 0.3) is 0 Å². The van der Waals surface area contributed by atoms with Crippen molar-refractivity contribution in [1.82, 2.24) is 0 Å². The van der Waals surface area contributed by atoms with Gasteiger partial charge in [-0.3, -0.25) is 0 Å². The predicted molar refractivity (Wildman–Crippen MR) is 64.7 cm³/mol. The summed E-state index contributed by atoms with van der Waals surface area (Å²) in [6, 6.07) is 5.26. The molecule has 1 aliphatic heterocycles. The van der Waals surface area contributed by atoms with E-state index in [0.29, 0.717) is 11.1 Å². The van der Waals surface area contributed by atoms with Crippen LogP contribution >= 0.6 is 15.9 Å². The highest BCUT2D eigenvalue weighted by molar-refractivity contribution is 9.10. The summed E-state index contributed by atoms with van der Waals surface area (Å²) in [6.45, 7) is 1.41. The van der Waals surface area contributed by atoms with E-state index in [2.05, 4.69) is 15.9 Å². The van der Waals surface area contributed by atoms with Crippen LogP contribution in [0.3, 0.4) is 0 Å². The molecule has 0 bridgehead atoms. The zero-order chi connectivity index (χ0) is 11.5. The van der Waals surface area contributed by atoms with E-state index in [-0.39, 0.29) is 17.8 Å². The second-order valence-corrected chi connectivity index (χ2v) is 5.00. The van der Waals surface area contributed by atoms with Crippen molar-refractivity contribution >= 4 is 15.9 Å². The summed E-state index contributed by atoms with van der Waals surface area (Å²) < 4.78 is 19.3. The van der Waals surface area contributed by atoms with Gasteiger partial charge in [0.25, 0.3) is 0 Å². The Morgan fingerprint density at radius 1 is 1.50 bits per heavy atom. The van der Waals surface area contributed by atoms with Gasteiger partial charge in [-0.1, -0.05) is 12.1 Å². The molecule has 4 heteroatoms. The van der Waals surface area contributed by atoms with Gasteiger partial charge in [0.2, 0.25) is 0 Å². The predicted octanol–water partition coefficient (Wildman–Crippen LogP) is 2.49. The van der Waals surface area contributed by atoms with Crippen molar-refractivity contribution in [3.05, 3.63) is 34.1 Å². The van der Waals surface area contributed by atoms with E-state index >= 15 is 0 Å². The molecule has 1 saturated heterocycles. The number of ether oxygens (including phenoxy) is 1. The van der Waals surface area contributed by atoms with Gasteiger partial charge in [0.15, 0.2) is 0 Å². The fraction of sp³-hybridized carbons (Fsp3) is 0.500. The Labute approximate surface area is 103 Å². The Hall–Kier alpha value is -0.450. The minimum Gasteiger partial charge on any atom is -0.381 e. The van der Waals surface area contributed by atoms with E-state index in [1.54, 1.807) is 6.07 Å². The average Bonchev–Trinajstić information content (AvgIpc) is 2.28. The highest BCUT2D eigenvalue weighted by atomic mass is 79.9. The molecule has 2 rings (SSSR count). The molecule has 16 heavy (non-hydrogen) atoms. The third-order valence-electron chi connectivity index (χ3n) is 3.05. The SMILES string of the molecule is NC1CCOCC1Cc1cccc(F)c1Br. The fourth-order valence-corrected chi connectivity index (χ4v) is 2.44. The maximum absolute atomic E-state index is 13.3. The second-order valence-electron chi connectivity index (χ2n) is 4.20. The average molecular weight is 288 g/mol. The molecule has 0 saturated carbocycles. The number of halogens is 2. The highest BCUT2D eigenvalue weighted by Gasteiger charge is 2.23. The molecule has 1 fully saturated rings. The third kappa shape index (κ3) is 2.62. The van der Waals surface area contributed by atoms with Crippen LogP contribution < -0.4 is 5.73 Å². The van der Waals surface area contributed by atoms with Crippen molar-refractivity contribution in [2.24, 2.45) is 11.7 Å². The molecule has 1 heterocycles. The third-order valence-corrected chi connectivity index (χ3v) is 3.93. The number of nitrogens with two attached hydrogens (primary N) is 1. The molecule has 0 amide bonds. The molecule has 2 N–H and O–H groups in total. The lowest BCUT2D eigenvalue weighted by Crippen LogP contribution is -2.39. The minimum atomic E-state index is -0.220. The molecule has 1 aliphatic rings. The minimum absolute atomic E-state index is 0.156. The van der Waals surface area contributed by atoms with Crippen LogP contribution in [0.4, 0.5) is 4.39 Å². The number of benzene rings is 1. The van der Waals surface area contributed by atoms with Crippen molar-refractivity contribution < 1.29 is 9.13 Å². The molecule has 2 nitrogen and oxygen atoms in total. The molecule has 0 aromatic heterocycles. The van der Waals surface area contributed by atoms with Gasteiger partial charge in [-0.05, 0) is 40.4 Å². The van der Waals surface area contributed by atoms with Gasteiger partial charge < -0.3 is 10.5 Å². The van der Waals surface area contributed by atoms with E-state index in [0.717, 1.165) is 25.0 Å². The molecule has 1 aromatic rings. The summed E-state index contributed by atoms with van der Waals surface area (Å²) in [5, 5.41) is 0. The highest BCUT2D eigenvalue weighted by Crippen LogP contribution is 2.25. The monoisotopic (exact) mass is 287 g/mol. The van der Waals surface area contributed by atoms with Gasteiger partial charge in [-0.25, -0.2) is 4.39 Å². The van der Waals surface area contributed by atoms with Crippen LogP contribution in [0, 0.1) is 11.7 Å². The molecular formula is C12H15BrFNO. The number of hydrogen-bond donors (Lipinski definition) is 1. The van der Waals surface area contributed by atoms with Gasteiger partial charge in [-0.15, -0.1) is 0 Å². The van der Waals surface area contributed by atoms with Gasteiger partial charge in [0.05, 0.1) is 11.1 Å². The van der Waals surface area contributed by atoms with E-state index in [9.17, 15) is 4.39 Å². The molecule has 88 valence electrons. The van der Waals surface area contributed by atoms with Crippen LogP contribution in [0.5, 0.6) is 0 Å². The standard InChI is InChI=1S/C12H15BrFNO/c13-12-8(2-1-3-10(12)14)6-9-7-16-5-4-11(9)15/h1-3,9,11H,4-7,15H2. The molecular weight excluding hydrogens is 273 g/mol. The van der Waals surface area contributed by atoms with Crippen molar-refractivity contribution in [2.45, 2.75) is 18.9 Å². The smallest absolute Gasteiger partial charge is 0.137 e. The summed E-state index contributed by atoms with van der Waals surface area (Å²) in [6.07, 6.45) is 1.65. The molecule has 0 aliphatic carbocycles. The van der Waals surface area contributed by atoms with E-state index < -0.39 is 0 Å². The van der Waals surface area contributed by atoms with Gasteiger partial charge in [0, 0.05) is 18.6 Å². The summed E-state index contributed by atoms with van der Waals surface area (Å²) in [7, 11) is 0. The van der Waals surface area contributed by atoms with Gasteiger partial charge in [0.1, 0.15) is 5.82 Å². The van der Waals surface area contributed by atoms with Crippen LogP contribution in [0.15, 0.2) is 22.7 Å².